The third kappa shape index (κ3) is 4.96. The second kappa shape index (κ2) is 8.53. The van der Waals surface area contributed by atoms with Crippen molar-refractivity contribution < 1.29 is 26.7 Å². The van der Waals surface area contributed by atoms with Gasteiger partial charge in [-0.05, 0) is 30.3 Å². The fraction of sp³-hybridized carbons (Fsp3) is 0.278. The van der Waals surface area contributed by atoms with Gasteiger partial charge in [0.15, 0.2) is 18.2 Å². The second-order valence-electron chi connectivity index (χ2n) is 6.27. The molecule has 28 heavy (non-hydrogen) atoms. The fourth-order valence-electron chi connectivity index (χ4n) is 2.28. The number of rotatable bonds is 7. The predicted octanol–water partition coefficient (Wildman–Crippen LogP) is 2.30. The highest BCUT2D eigenvalue weighted by Crippen LogP contribution is 2.28. The average molecular weight is 413 g/mol. The van der Waals surface area contributed by atoms with E-state index in [1.807, 2.05) is 0 Å². The van der Waals surface area contributed by atoms with Gasteiger partial charge in [-0.1, -0.05) is 0 Å². The maximum absolute atomic E-state index is 13.2. The highest BCUT2D eigenvalue weighted by molar-refractivity contribution is 7.89. The summed E-state index contributed by atoms with van der Waals surface area (Å²) in [6, 6.07) is 7.28. The van der Waals surface area contributed by atoms with Crippen molar-refractivity contribution in [1.82, 2.24) is 4.31 Å². The Kier molecular flexibility index (Phi) is 6.57. The zero-order valence-electron chi connectivity index (χ0n) is 15.9. The van der Waals surface area contributed by atoms with E-state index in [1.54, 1.807) is 25.1 Å². The molecule has 7 nitrogen and oxygen atoms in total. The molecule has 2 aromatic carbocycles. The number of ether oxygens (including phenoxy) is 1. The Balaban J connectivity index is 2.20. The van der Waals surface area contributed by atoms with Gasteiger partial charge in [0.05, 0.1) is 16.3 Å². The van der Waals surface area contributed by atoms with Gasteiger partial charge >= 0.3 is 0 Å². The molecular weight excluding hydrogens is 392 g/mol. The molecule has 0 aliphatic carbocycles. The number of anilines is 2. The van der Waals surface area contributed by atoms with E-state index in [1.165, 1.54) is 32.3 Å². The number of nitrogens with zero attached hydrogens (tertiary/aromatic N) is 2. The topological polar surface area (TPSA) is 79.0 Å². The molecule has 0 spiro atoms. The fourth-order valence-corrected chi connectivity index (χ4v) is 3.21. The molecule has 1 N–H and O–H groups in total. The number of halogens is 2. The minimum Gasteiger partial charge on any atom is -0.484 e. The molecular formula is C18H21F2N3O4S. The Morgan fingerprint density at radius 2 is 1.71 bits per heavy atom. The van der Waals surface area contributed by atoms with Crippen molar-refractivity contribution in [2.75, 3.05) is 45.0 Å². The summed E-state index contributed by atoms with van der Waals surface area (Å²) in [5.41, 5.74) is 0.852. The van der Waals surface area contributed by atoms with E-state index in [2.05, 4.69) is 5.32 Å². The van der Waals surface area contributed by atoms with Crippen LogP contribution in [0.3, 0.4) is 0 Å². The van der Waals surface area contributed by atoms with Crippen LogP contribution in [0.2, 0.25) is 0 Å². The predicted molar refractivity (Wildman–Crippen MR) is 102 cm³/mol. The van der Waals surface area contributed by atoms with Crippen molar-refractivity contribution in [2.24, 2.45) is 0 Å². The van der Waals surface area contributed by atoms with Crippen LogP contribution in [-0.4, -0.2) is 53.4 Å². The van der Waals surface area contributed by atoms with Crippen molar-refractivity contribution in [2.45, 2.75) is 4.90 Å². The normalized spacial score (nSPS) is 11.4. The Morgan fingerprint density at radius 1 is 1.04 bits per heavy atom. The van der Waals surface area contributed by atoms with E-state index >= 15 is 0 Å². The van der Waals surface area contributed by atoms with E-state index in [0.29, 0.717) is 5.69 Å². The van der Waals surface area contributed by atoms with Gasteiger partial charge < -0.3 is 15.0 Å². The molecule has 0 aliphatic rings. The van der Waals surface area contributed by atoms with Gasteiger partial charge in [0.2, 0.25) is 10.0 Å². The van der Waals surface area contributed by atoms with Gasteiger partial charge in [0.25, 0.3) is 5.91 Å². The molecule has 0 bridgehead atoms. The number of amides is 1. The molecule has 1 amide bonds. The summed E-state index contributed by atoms with van der Waals surface area (Å²) in [6.45, 7) is -0.470. The van der Waals surface area contributed by atoms with Crippen LogP contribution in [0.1, 0.15) is 0 Å². The van der Waals surface area contributed by atoms with Crippen LogP contribution in [0.4, 0.5) is 20.2 Å². The number of sulfonamides is 1. The third-order valence-electron chi connectivity index (χ3n) is 3.76. The summed E-state index contributed by atoms with van der Waals surface area (Å²) < 4.78 is 57.0. The van der Waals surface area contributed by atoms with Crippen molar-refractivity contribution in [1.29, 1.82) is 0 Å². The first-order valence-corrected chi connectivity index (χ1v) is 9.58. The molecule has 0 aliphatic heterocycles. The van der Waals surface area contributed by atoms with Crippen LogP contribution in [0, 0.1) is 11.6 Å². The Labute approximate surface area is 162 Å². The van der Waals surface area contributed by atoms with Crippen LogP contribution in [0.15, 0.2) is 41.3 Å². The first-order chi connectivity index (χ1) is 13.0. The molecule has 0 fully saturated rings. The van der Waals surface area contributed by atoms with Gasteiger partial charge in [0.1, 0.15) is 5.75 Å². The largest absolute Gasteiger partial charge is 0.484 e. The van der Waals surface area contributed by atoms with Gasteiger partial charge in [-0.2, -0.15) is 0 Å². The van der Waals surface area contributed by atoms with Crippen molar-refractivity contribution in [3.8, 4) is 5.75 Å². The molecule has 0 radical (unpaired) electrons. The summed E-state index contributed by atoms with van der Waals surface area (Å²) in [5.74, 6) is -2.71. The summed E-state index contributed by atoms with van der Waals surface area (Å²) >= 11 is 0. The van der Waals surface area contributed by atoms with Crippen molar-refractivity contribution >= 4 is 27.3 Å². The van der Waals surface area contributed by atoms with E-state index in [-0.39, 0.29) is 16.3 Å². The molecule has 0 heterocycles. The molecule has 0 saturated carbocycles. The van der Waals surface area contributed by atoms with Crippen LogP contribution >= 0.6 is 0 Å². The quantitative estimate of drug-likeness (QED) is 0.754. The minimum absolute atomic E-state index is 0.00850. The van der Waals surface area contributed by atoms with Crippen LogP contribution < -0.4 is 15.0 Å². The number of hydrogen-bond donors (Lipinski definition) is 1. The number of hydrogen-bond acceptors (Lipinski definition) is 5. The summed E-state index contributed by atoms with van der Waals surface area (Å²) in [4.78, 5) is 13.9. The zero-order chi connectivity index (χ0) is 21.1. The molecule has 2 aromatic rings. The molecule has 0 atom stereocenters. The Hall–Kier alpha value is -2.72. The van der Waals surface area contributed by atoms with Crippen LogP contribution in [0.25, 0.3) is 0 Å². The molecule has 2 rings (SSSR count). The maximum atomic E-state index is 13.2. The summed E-state index contributed by atoms with van der Waals surface area (Å²) in [6.07, 6.45) is 0. The lowest BCUT2D eigenvalue weighted by Crippen LogP contribution is -2.24. The van der Waals surface area contributed by atoms with Gasteiger partial charge in [-0.15, -0.1) is 0 Å². The SMILES string of the molecule is CN(C)c1ccc(S(=O)(=O)N(C)C)cc1NC(=O)COc1ccc(F)c(F)c1. The van der Waals surface area contributed by atoms with Crippen LogP contribution in [0.5, 0.6) is 5.75 Å². The van der Waals surface area contributed by atoms with Gasteiger partial charge in [-0.3, -0.25) is 4.79 Å². The number of nitrogens with one attached hydrogen (secondary N) is 1. The second-order valence-corrected chi connectivity index (χ2v) is 8.43. The molecule has 0 aromatic heterocycles. The van der Waals surface area contributed by atoms with Crippen molar-refractivity contribution in [3.63, 3.8) is 0 Å². The number of carbonyl (C=O) groups excluding carboxylic acids is 1. The minimum atomic E-state index is -3.69. The van der Waals surface area contributed by atoms with Gasteiger partial charge in [-0.25, -0.2) is 21.5 Å². The number of benzene rings is 2. The summed E-state index contributed by atoms with van der Waals surface area (Å²) in [5, 5.41) is 2.58. The van der Waals surface area contributed by atoms with E-state index in [0.717, 1.165) is 16.4 Å². The standard InChI is InChI=1S/C18H21F2N3O4S/c1-22(2)17-8-6-13(28(25,26)23(3)4)10-16(17)21-18(24)11-27-12-5-7-14(19)15(20)9-12/h5-10H,11H2,1-4H3,(H,21,24). The zero-order valence-corrected chi connectivity index (χ0v) is 16.7. The Morgan fingerprint density at radius 3 is 2.29 bits per heavy atom. The first kappa shape index (κ1) is 21.6. The molecule has 10 heteroatoms. The molecule has 0 saturated heterocycles. The lowest BCUT2D eigenvalue weighted by molar-refractivity contribution is -0.118. The maximum Gasteiger partial charge on any atom is 0.262 e. The monoisotopic (exact) mass is 413 g/mol. The first-order valence-electron chi connectivity index (χ1n) is 8.14. The van der Waals surface area contributed by atoms with E-state index < -0.39 is 34.2 Å². The number of carbonyl (C=O) groups is 1. The third-order valence-corrected chi connectivity index (χ3v) is 5.57. The average Bonchev–Trinajstić information content (AvgIpc) is 2.62. The van der Waals surface area contributed by atoms with Gasteiger partial charge in [0, 0.05) is 34.3 Å². The molecule has 0 unspecified atom stereocenters. The molecule has 152 valence electrons. The van der Waals surface area contributed by atoms with E-state index in [4.69, 9.17) is 4.74 Å². The highest BCUT2D eigenvalue weighted by atomic mass is 32.2. The summed E-state index contributed by atoms with van der Waals surface area (Å²) in [7, 11) is 2.60. The lowest BCUT2D eigenvalue weighted by Gasteiger charge is -2.20. The highest BCUT2D eigenvalue weighted by Gasteiger charge is 2.20. The Bertz CT molecular complexity index is 979. The van der Waals surface area contributed by atoms with E-state index in [9.17, 15) is 22.0 Å². The van der Waals surface area contributed by atoms with Crippen LogP contribution in [-0.2, 0) is 14.8 Å². The smallest absolute Gasteiger partial charge is 0.262 e. The lowest BCUT2D eigenvalue weighted by atomic mass is 10.2. The van der Waals surface area contributed by atoms with Crippen molar-refractivity contribution in [3.05, 3.63) is 48.0 Å².